The van der Waals surface area contributed by atoms with Crippen molar-refractivity contribution in [2.75, 3.05) is 15.8 Å². The minimum atomic E-state index is -4.37. The SMILES string of the molecule is CCSCCCc1cc(F)ccc1[C@@H](C)N(c1cc(F)ccc1F)S(=O)(=O)c1ccc(Sc2ccccc2)cc1. The smallest absolute Gasteiger partial charge is 0.256 e. The van der Waals surface area contributed by atoms with Gasteiger partial charge in [0.05, 0.1) is 16.6 Å². The van der Waals surface area contributed by atoms with Gasteiger partial charge in [-0.15, -0.1) is 0 Å². The zero-order chi connectivity index (χ0) is 28.7. The largest absolute Gasteiger partial charge is 0.264 e. The standard InChI is InChI=1S/C31H30F3NO2S3/c1-3-38-19-7-8-23-20-24(32)11-17-29(23)22(2)35(31-21-25(33)12-18-30(31)34)40(36,37)28-15-13-27(14-16-28)39-26-9-5-4-6-10-26/h4-6,9-18,20-22H,3,7-8,19H2,1-2H3/t22-/m1/s1. The zero-order valence-corrected chi connectivity index (χ0v) is 24.6. The summed E-state index contributed by atoms with van der Waals surface area (Å²) < 4.78 is 72.9. The highest BCUT2D eigenvalue weighted by Crippen LogP contribution is 2.38. The van der Waals surface area contributed by atoms with E-state index >= 15 is 4.39 Å². The van der Waals surface area contributed by atoms with Crippen molar-refractivity contribution in [2.45, 2.75) is 47.4 Å². The summed E-state index contributed by atoms with van der Waals surface area (Å²) in [6.07, 6.45) is 1.29. The van der Waals surface area contributed by atoms with Gasteiger partial charge in [0, 0.05) is 15.9 Å². The summed E-state index contributed by atoms with van der Waals surface area (Å²) in [5.74, 6) is -0.258. The van der Waals surface area contributed by atoms with Crippen LogP contribution in [0.25, 0.3) is 0 Å². The van der Waals surface area contributed by atoms with Gasteiger partial charge in [-0.1, -0.05) is 43.0 Å². The number of thioether (sulfide) groups is 1. The molecule has 0 aliphatic carbocycles. The van der Waals surface area contributed by atoms with Gasteiger partial charge >= 0.3 is 0 Å². The monoisotopic (exact) mass is 601 g/mol. The molecule has 0 saturated heterocycles. The lowest BCUT2D eigenvalue weighted by molar-refractivity contribution is 0.569. The van der Waals surface area contributed by atoms with Crippen molar-refractivity contribution in [1.29, 1.82) is 0 Å². The molecule has 4 aromatic rings. The van der Waals surface area contributed by atoms with Gasteiger partial charge in [0.15, 0.2) is 0 Å². The van der Waals surface area contributed by atoms with Crippen LogP contribution in [0.15, 0.2) is 106 Å². The van der Waals surface area contributed by atoms with E-state index in [0.29, 0.717) is 17.5 Å². The van der Waals surface area contributed by atoms with E-state index in [2.05, 4.69) is 6.92 Å². The van der Waals surface area contributed by atoms with E-state index in [1.54, 1.807) is 30.8 Å². The minimum absolute atomic E-state index is 0.0663. The highest BCUT2D eigenvalue weighted by atomic mass is 32.2. The van der Waals surface area contributed by atoms with Gasteiger partial charge in [-0.25, -0.2) is 21.6 Å². The van der Waals surface area contributed by atoms with Gasteiger partial charge in [-0.3, -0.25) is 4.31 Å². The van der Waals surface area contributed by atoms with E-state index in [1.807, 2.05) is 30.3 Å². The number of aryl methyl sites for hydroxylation is 1. The molecule has 0 aliphatic heterocycles. The van der Waals surface area contributed by atoms with Crippen LogP contribution in [0, 0.1) is 17.5 Å². The van der Waals surface area contributed by atoms with Crippen LogP contribution in [-0.4, -0.2) is 19.9 Å². The van der Waals surface area contributed by atoms with Gasteiger partial charge in [0.1, 0.15) is 17.5 Å². The maximum Gasteiger partial charge on any atom is 0.264 e. The van der Waals surface area contributed by atoms with Crippen LogP contribution < -0.4 is 4.31 Å². The van der Waals surface area contributed by atoms with Gasteiger partial charge in [0.2, 0.25) is 0 Å². The predicted octanol–water partition coefficient (Wildman–Crippen LogP) is 8.90. The molecule has 0 fully saturated rings. The molecule has 9 heteroatoms. The maximum atomic E-state index is 15.2. The van der Waals surface area contributed by atoms with Crippen LogP contribution in [0.5, 0.6) is 0 Å². The summed E-state index contributed by atoms with van der Waals surface area (Å²) >= 11 is 3.24. The average Bonchev–Trinajstić information content (AvgIpc) is 2.94. The third-order valence-electron chi connectivity index (χ3n) is 6.35. The number of sulfonamides is 1. The topological polar surface area (TPSA) is 37.4 Å². The Morgan fingerprint density at radius 2 is 1.48 bits per heavy atom. The number of rotatable bonds is 12. The fourth-order valence-electron chi connectivity index (χ4n) is 4.45. The highest BCUT2D eigenvalue weighted by Gasteiger charge is 2.33. The van der Waals surface area contributed by atoms with E-state index < -0.39 is 39.2 Å². The molecule has 0 bridgehead atoms. The molecule has 210 valence electrons. The molecular formula is C31H30F3NO2S3. The Morgan fingerprint density at radius 1 is 0.825 bits per heavy atom. The molecule has 0 aliphatic rings. The van der Waals surface area contributed by atoms with Crippen molar-refractivity contribution < 1.29 is 21.6 Å². The summed E-state index contributed by atoms with van der Waals surface area (Å²) in [6.45, 7) is 3.67. The quantitative estimate of drug-likeness (QED) is 0.152. The Balaban J connectivity index is 1.75. The zero-order valence-electron chi connectivity index (χ0n) is 22.2. The van der Waals surface area contributed by atoms with Crippen LogP contribution in [0.4, 0.5) is 18.9 Å². The van der Waals surface area contributed by atoms with Gasteiger partial charge in [-0.05, 0) is 103 Å². The Bertz CT molecular complexity index is 1530. The number of anilines is 1. The molecule has 0 saturated carbocycles. The second kappa shape index (κ2) is 13.7. The number of hydrogen-bond acceptors (Lipinski definition) is 4. The van der Waals surface area contributed by atoms with Crippen molar-refractivity contribution in [3.63, 3.8) is 0 Å². The predicted molar refractivity (Wildman–Crippen MR) is 159 cm³/mol. The normalized spacial score (nSPS) is 12.3. The molecule has 1 atom stereocenters. The molecule has 4 rings (SSSR count). The fourth-order valence-corrected chi connectivity index (χ4v) is 7.56. The second-order valence-electron chi connectivity index (χ2n) is 9.10. The number of benzene rings is 4. The van der Waals surface area contributed by atoms with E-state index in [1.165, 1.54) is 42.1 Å². The molecule has 0 aromatic heterocycles. The Labute approximate surface area is 242 Å². The third-order valence-corrected chi connectivity index (χ3v) is 10.3. The molecule has 0 unspecified atom stereocenters. The molecule has 0 spiro atoms. The third kappa shape index (κ3) is 7.25. The first-order chi connectivity index (χ1) is 19.2. The molecule has 4 aromatic carbocycles. The Morgan fingerprint density at radius 3 is 2.17 bits per heavy atom. The Hall–Kier alpha value is -2.88. The molecule has 0 radical (unpaired) electrons. The molecule has 3 nitrogen and oxygen atoms in total. The fraction of sp³-hybridized carbons (Fsp3) is 0.226. The number of halogens is 3. The van der Waals surface area contributed by atoms with Crippen LogP contribution in [0.1, 0.15) is 37.4 Å². The average molecular weight is 602 g/mol. The lowest BCUT2D eigenvalue weighted by Crippen LogP contribution is -2.35. The molecule has 0 heterocycles. The van der Waals surface area contributed by atoms with Crippen LogP contribution in [0.2, 0.25) is 0 Å². The summed E-state index contributed by atoms with van der Waals surface area (Å²) in [5.41, 5.74) is 0.759. The van der Waals surface area contributed by atoms with E-state index in [9.17, 15) is 17.2 Å². The second-order valence-corrected chi connectivity index (χ2v) is 13.5. The molecule has 0 N–H and O–H groups in total. The van der Waals surface area contributed by atoms with Gasteiger partial charge in [-0.2, -0.15) is 11.8 Å². The number of hydrogen-bond donors (Lipinski definition) is 0. The van der Waals surface area contributed by atoms with Gasteiger partial charge < -0.3 is 0 Å². The highest BCUT2D eigenvalue weighted by molar-refractivity contribution is 7.99. The van der Waals surface area contributed by atoms with Crippen molar-refractivity contribution in [3.05, 3.63) is 120 Å². The van der Waals surface area contributed by atoms with Crippen LogP contribution in [-0.2, 0) is 16.4 Å². The van der Waals surface area contributed by atoms with Crippen LogP contribution in [0.3, 0.4) is 0 Å². The summed E-state index contributed by atoms with van der Waals surface area (Å²) in [7, 11) is -4.37. The Kier molecular flexibility index (Phi) is 10.3. The van der Waals surface area contributed by atoms with Crippen LogP contribution >= 0.6 is 23.5 Å². The summed E-state index contributed by atoms with van der Waals surface area (Å²) in [4.78, 5) is 1.76. The molecule has 0 amide bonds. The van der Waals surface area contributed by atoms with Crippen molar-refractivity contribution in [2.24, 2.45) is 0 Å². The molecule has 40 heavy (non-hydrogen) atoms. The minimum Gasteiger partial charge on any atom is -0.256 e. The maximum absolute atomic E-state index is 15.2. The van der Waals surface area contributed by atoms with E-state index in [4.69, 9.17) is 0 Å². The van der Waals surface area contributed by atoms with E-state index in [-0.39, 0.29) is 4.90 Å². The lowest BCUT2D eigenvalue weighted by atomic mass is 9.97. The van der Waals surface area contributed by atoms with Gasteiger partial charge in [0.25, 0.3) is 10.0 Å². The number of nitrogens with zero attached hydrogens (tertiary/aromatic N) is 1. The first-order valence-corrected chi connectivity index (χ1v) is 16.3. The summed E-state index contributed by atoms with van der Waals surface area (Å²) in [6, 6.07) is 21.9. The van der Waals surface area contributed by atoms with E-state index in [0.717, 1.165) is 50.2 Å². The summed E-state index contributed by atoms with van der Waals surface area (Å²) in [5, 5.41) is 0. The molecular weight excluding hydrogens is 572 g/mol. The van der Waals surface area contributed by atoms with Crippen molar-refractivity contribution in [1.82, 2.24) is 0 Å². The lowest BCUT2D eigenvalue weighted by Gasteiger charge is -2.32. The van der Waals surface area contributed by atoms with Crippen molar-refractivity contribution >= 4 is 39.2 Å². The first kappa shape index (κ1) is 30.1. The van der Waals surface area contributed by atoms with Crippen molar-refractivity contribution in [3.8, 4) is 0 Å². The first-order valence-electron chi connectivity index (χ1n) is 12.9.